The van der Waals surface area contributed by atoms with E-state index in [1.165, 1.54) is 12.1 Å². The summed E-state index contributed by atoms with van der Waals surface area (Å²) in [5.41, 5.74) is 0.665. The van der Waals surface area contributed by atoms with E-state index in [9.17, 15) is 14.0 Å². The SMILES string of the molecule is CN1C(=O)C=C[C@@]2(C)C1CC[C@@H]1[C@H]2CC[C@]2(C)C(NC(=O)c3ccc(F)cc3)CC[C@@H]12. The fourth-order valence-corrected chi connectivity index (χ4v) is 7.82. The van der Waals surface area contributed by atoms with Crippen molar-refractivity contribution in [3.63, 3.8) is 0 Å². The van der Waals surface area contributed by atoms with E-state index in [-0.39, 0.29) is 34.5 Å². The molecule has 1 N–H and O–H groups in total. The van der Waals surface area contributed by atoms with Gasteiger partial charge in [0.05, 0.1) is 0 Å². The van der Waals surface area contributed by atoms with Gasteiger partial charge in [-0.3, -0.25) is 9.59 Å². The number of nitrogens with one attached hydrogen (secondary N) is 1. The highest BCUT2D eigenvalue weighted by Gasteiger charge is 2.60. The number of halogens is 1. The van der Waals surface area contributed by atoms with Gasteiger partial charge in [-0.25, -0.2) is 4.39 Å². The number of carbonyl (C=O) groups excluding carboxylic acids is 2. The van der Waals surface area contributed by atoms with Crippen molar-refractivity contribution >= 4 is 11.8 Å². The second-order valence-corrected chi connectivity index (χ2v) is 10.8. The van der Waals surface area contributed by atoms with Crippen LogP contribution in [0.2, 0.25) is 0 Å². The molecule has 1 aromatic rings. The first-order chi connectivity index (χ1) is 14.7. The Hall–Kier alpha value is -2.17. The lowest BCUT2D eigenvalue weighted by molar-refractivity contribution is -0.138. The summed E-state index contributed by atoms with van der Waals surface area (Å²) in [5, 5.41) is 3.30. The molecular weight excluding hydrogens is 391 g/mol. The molecule has 5 heteroatoms. The van der Waals surface area contributed by atoms with Gasteiger partial charge in [-0.05, 0) is 92.0 Å². The van der Waals surface area contributed by atoms with Gasteiger partial charge in [0, 0.05) is 30.1 Å². The Morgan fingerprint density at radius 2 is 1.81 bits per heavy atom. The third-order valence-corrected chi connectivity index (χ3v) is 9.54. The molecule has 2 unspecified atom stereocenters. The molecule has 0 aromatic heterocycles. The Bertz CT molecular complexity index is 928. The van der Waals surface area contributed by atoms with E-state index >= 15 is 0 Å². The summed E-state index contributed by atoms with van der Waals surface area (Å²) in [6.45, 7) is 4.73. The molecule has 0 radical (unpaired) electrons. The summed E-state index contributed by atoms with van der Waals surface area (Å²) in [6, 6.07) is 6.27. The smallest absolute Gasteiger partial charge is 0.251 e. The lowest BCUT2D eigenvalue weighted by Crippen LogP contribution is -2.60. The Morgan fingerprint density at radius 3 is 2.55 bits per heavy atom. The molecule has 2 amide bonds. The second kappa shape index (κ2) is 7.18. The van der Waals surface area contributed by atoms with Gasteiger partial charge in [0.25, 0.3) is 5.91 Å². The number of benzene rings is 1. The van der Waals surface area contributed by atoms with Crippen LogP contribution in [0.25, 0.3) is 0 Å². The molecule has 1 aromatic carbocycles. The molecule has 3 saturated carbocycles. The van der Waals surface area contributed by atoms with Crippen molar-refractivity contribution in [2.24, 2.45) is 28.6 Å². The van der Waals surface area contributed by atoms with Gasteiger partial charge in [-0.1, -0.05) is 19.9 Å². The molecule has 31 heavy (non-hydrogen) atoms. The van der Waals surface area contributed by atoms with Crippen LogP contribution >= 0.6 is 0 Å². The van der Waals surface area contributed by atoms with Gasteiger partial charge in [0.2, 0.25) is 5.91 Å². The molecule has 1 heterocycles. The monoisotopic (exact) mass is 424 g/mol. The number of nitrogens with zero attached hydrogens (tertiary/aromatic N) is 1. The molecule has 3 fully saturated rings. The number of likely N-dealkylation sites (N-methyl/N-ethyl adjacent to an activating group) is 1. The van der Waals surface area contributed by atoms with E-state index in [1.807, 2.05) is 11.9 Å². The summed E-state index contributed by atoms with van der Waals surface area (Å²) in [5.74, 6) is 1.53. The molecular formula is C26H33FN2O2. The lowest BCUT2D eigenvalue weighted by Gasteiger charge is -2.60. The zero-order valence-electron chi connectivity index (χ0n) is 18.7. The van der Waals surface area contributed by atoms with E-state index < -0.39 is 0 Å². The number of amides is 2. The first kappa shape index (κ1) is 20.7. The Morgan fingerprint density at radius 1 is 1.06 bits per heavy atom. The number of rotatable bonds is 2. The summed E-state index contributed by atoms with van der Waals surface area (Å²) < 4.78 is 13.2. The molecule has 0 spiro atoms. The summed E-state index contributed by atoms with van der Waals surface area (Å²) in [4.78, 5) is 27.0. The van der Waals surface area contributed by atoms with Gasteiger partial charge < -0.3 is 10.2 Å². The Labute approximate surface area is 184 Å². The first-order valence-electron chi connectivity index (χ1n) is 11.8. The van der Waals surface area contributed by atoms with Gasteiger partial charge in [-0.2, -0.15) is 0 Å². The minimum atomic E-state index is -0.323. The minimum Gasteiger partial charge on any atom is -0.349 e. The zero-order valence-corrected chi connectivity index (χ0v) is 18.7. The van der Waals surface area contributed by atoms with Crippen molar-refractivity contribution < 1.29 is 14.0 Å². The van der Waals surface area contributed by atoms with E-state index in [1.54, 1.807) is 18.2 Å². The van der Waals surface area contributed by atoms with Crippen LogP contribution in [0.5, 0.6) is 0 Å². The van der Waals surface area contributed by atoms with E-state index in [2.05, 4.69) is 25.2 Å². The molecule has 0 saturated heterocycles. The average molecular weight is 425 g/mol. The van der Waals surface area contributed by atoms with Crippen molar-refractivity contribution in [2.45, 2.75) is 64.5 Å². The van der Waals surface area contributed by atoms with Crippen molar-refractivity contribution in [3.05, 3.63) is 47.8 Å². The second-order valence-electron chi connectivity index (χ2n) is 10.8. The summed E-state index contributed by atoms with van der Waals surface area (Å²) in [7, 11) is 1.96. The maximum Gasteiger partial charge on any atom is 0.251 e. The number of hydrogen-bond acceptors (Lipinski definition) is 2. The van der Waals surface area contributed by atoms with Crippen molar-refractivity contribution in [1.82, 2.24) is 10.2 Å². The van der Waals surface area contributed by atoms with Crippen LogP contribution in [0.1, 0.15) is 62.7 Å². The third-order valence-electron chi connectivity index (χ3n) is 9.54. The highest BCUT2D eigenvalue weighted by Crippen LogP contribution is 2.63. The minimum absolute atomic E-state index is 0.0440. The molecule has 4 nitrogen and oxygen atoms in total. The highest BCUT2D eigenvalue weighted by atomic mass is 19.1. The quantitative estimate of drug-likeness (QED) is 0.756. The van der Waals surface area contributed by atoms with Crippen LogP contribution in [0.3, 0.4) is 0 Å². The molecule has 7 atom stereocenters. The first-order valence-corrected chi connectivity index (χ1v) is 11.8. The van der Waals surface area contributed by atoms with E-state index in [4.69, 9.17) is 0 Å². The summed E-state index contributed by atoms with van der Waals surface area (Å²) >= 11 is 0. The zero-order chi connectivity index (χ0) is 22.0. The topological polar surface area (TPSA) is 49.4 Å². The number of fused-ring (bicyclic) bond motifs is 5. The van der Waals surface area contributed by atoms with Gasteiger partial charge in [0.15, 0.2) is 0 Å². The van der Waals surface area contributed by atoms with E-state index in [0.29, 0.717) is 29.4 Å². The third kappa shape index (κ3) is 3.07. The van der Waals surface area contributed by atoms with Crippen LogP contribution in [-0.4, -0.2) is 35.8 Å². The highest BCUT2D eigenvalue weighted by molar-refractivity contribution is 5.94. The molecule has 1 aliphatic heterocycles. The maximum atomic E-state index is 13.2. The largest absolute Gasteiger partial charge is 0.349 e. The standard InChI is InChI=1S/C26H33FN2O2/c1-25-14-12-20-18(8-11-22-26(20,2)15-13-23(30)29(22)3)19(25)9-10-21(25)28-24(31)16-4-6-17(27)7-5-16/h4-7,13,15,18-22H,8-12,14H2,1-3H3,(H,28,31)/t18-,19-,20+,21?,22?,25-,26+/m0/s1. The molecule has 166 valence electrons. The number of hydrogen-bond donors (Lipinski definition) is 1. The van der Waals surface area contributed by atoms with E-state index in [0.717, 1.165) is 38.5 Å². The van der Waals surface area contributed by atoms with Crippen LogP contribution in [0.4, 0.5) is 4.39 Å². The van der Waals surface area contributed by atoms with Gasteiger partial charge in [0.1, 0.15) is 5.82 Å². The van der Waals surface area contributed by atoms with Crippen molar-refractivity contribution in [1.29, 1.82) is 0 Å². The van der Waals surface area contributed by atoms with Crippen LogP contribution in [-0.2, 0) is 4.79 Å². The Kier molecular flexibility index (Phi) is 4.80. The molecule has 5 rings (SSSR count). The summed E-state index contributed by atoms with van der Waals surface area (Å²) in [6.07, 6.45) is 10.6. The lowest BCUT2D eigenvalue weighted by atomic mass is 9.48. The predicted octanol–water partition coefficient (Wildman–Crippen LogP) is 4.56. The predicted molar refractivity (Wildman–Crippen MR) is 118 cm³/mol. The van der Waals surface area contributed by atoms with Gasteiger partial charge in [-0.15, -0.1) is 0 Å². The van der Waals surface area contributed by atoms with Crippen LogP contribution < -0.4 is 5.32 Å². The van der Waals surface area contributed by atoms with Crippen molar-refractivity contribution in [2.75, 3.05) is 7.05 Å². The fraction of sp³-hybridized carbons (Fsp3) is 0.615. The normalized spacial score (nSPS) is 41.4. The molecule has 3 aliphatic carbocycles. The molecule has 0 bridgehead atoms. The fourth-order valence-electron chi connectivity index (χ4n) is 7.82. The number of carbonyl (C=O) groups is 2. The van der Waals surface area contributed by atoms with Crippen LogP contribution in [0.15, 0.2) is 36.4 Å². The molecule has 4 aliphatic rings. The van der Waals surface area contributed by atoms with Crippen molar-refractivity contribution in [3.8, 4) is 0 Å². The van der Waals surface area contributed by atoms with Gasteiger partial charge >= 0.3 is 0 Å². The Balaban J connectivity index is 1.36. The average Bonchev–Trinajstić information content (AvgIpc) is 3.08. The van der Waals surface area contributed by atoms with Crippen LogP contribution in [0, 0.1) is 34.4 Å². The maximum absolute atomic E-state index is 13.2.